The maximum Gasteiger partial charge on any atom is 0.339 e. The normalized spacial score (nSPS) is 12.8. The minimum Gasteiger partial charge on any atom is -0.478 e. The third kappa shape index (κ3) is 2.62. The van der Waals surface area contributed by atoms with Crippen LogP contribution in [0.4, 0.5) is 5.82 Å². The summed E-state index contributed by atoms with van der Waals surface area (Å²) in [5.41, 5.74) is 2.36. The van der Waals surface area contributed by atoms with Gasteiger partial charge in [0.1, 0.15) is 11.4 Å². The van der Waals surface area contributed by atoms with Crippen LogP contribution in [0.25, 0.3) is 0 Å². The van der Waals surface area contributed by atoms with E-state index in [0.29, 0.717) is 18.8 Å². The molecule has 1 aromatic heterocycles. The van der Waals surface area contributed by atoms with Crippen molar-refractivity contribution < 1.29 is 9.90 Å². The highest BCUT2D eigenvalue weighted by Gasteiger charge is 2.19. The van der Waals surface area contributed by atoms with Gasteiger partial charge in [0, 0.05) is 18.7 Å². The van der Waals surface area contributed by atoms with Gasteiger partial charge in [0.2, 0.25) is 0 Å². The summed E-state index contributed by atoms with van der Waals surface area (Å²) in [5.74, 6) is 2.10. The van der Waals surface area contributed by atoms with Crippen molar-refractivity contribution in [3.8, 4) is 12.3 Å². The lowest BCUT2D eigenvalue weighted by atomic mass is 10.1. The van der Waals surface area contributed by atoms with Crippen LogP contribution in [0.1, 0.15) is 40.9 Å². The second-order valence-electron chi connectivity index (χ2n) is 4.38. The van der Waals surface area contributed by atoms with E-state index < -0.39 is 5.97 Å². The molecule has 0 atom stereocenters. The molecule has 1 aliphatic rings. The number of unbranched alkanes of at least 4 members (excludes halogenated alkanes) is 1. The number of hydrogen-bond acceptors (Lipinski definition) is 3. The van der Waals surface area contributed by atoms with Crippen LogP contribution in [0.2, 0.25) is 0 Å². The zero-order valence-electron chi connectivity index (χ0n) is 10.2. The largest absolute Gasteiger partial charge is 0.478 e. The first-order chi connectivity index (χ1) is 8.72. The van der Waals surface area contributed by atoms with Gasteiger partial charge in [-0.05, 0) is 37.3 Å². The van der Waals surface area contributed by atoms with Gasteiger partial charge in [0.05, 0.1) is 0 Å². The highest BCUT2D eigenvalue weighted by atomic mass is 16.4. The van der Waals surface area contributed by atoms with Gasteiger partial charge in [-0.1, -0.05) is 0 Å². The fourth-order valence-electron chi connectivity index (χ4n) is 2.17. The van der Waals surface area contributed by atoms with Gasteiger partial charge in [-0.25, -0.2) is 9.78 Å². The average molecular weight is 244 g/mol. The monoisotopic (exact) mass is 244 g/mol. The van der Waals surface area contributed by atoms with Crippen molar-refractivity contribution >= 4 is 11.8 Å². The Labute approximate surface area is 106 Å². The topological polar surface area (TPSA) is 62.2 Å². The number of terminal acetylenes is 1. The Hall–Kier alpha value is -2.02. The average Bonchev–Trinajstić information content (AvgIpc) is 2.80. The molecule has 94 valence electrons. The molecule has 0 bridgehead atoms. The first kappa shape index (κ1) is 12.4. The van der Waals surface area contributed by atoms with E-state index >= 15 is 0 Å². The Morgan fingerprint density at radius 3 is 3.11 bits per heavy atom. The fraction of sp³-hybridized carbons (Fsp3) is 0.429. The summed E-state index contributed by atoms with van der Waals surface area (Å²) >= 11 is 0. The molecule has 4 heteroatoms. The lowest BCUT2D eigenvalue weighted by Gasteiger charge is -2.10. The maximum atomic E-state index is 11.2. The lowest BCUT2D eigenvalue weighted by molar-refractivity contribution is 0.0697. The number of nitrogens with zero attached hydrogens (tertiary/aromatic N) is 1. The highest BCUT2D eigenvalue weighted by molar-refractivity contribution is 5.93. The van der Waals surface area contributed by atoms with Gasteiger partial charge in [0.15, 0.2) is 0 Å². The summed E-state index contributed by atoms with van der Waals surface area (Å²) in [5, 5.41) is 12.3. The summed E-state index contributed by atoms with van der Waals surface area (Å²) in [6, 6.07) is 1.75. The number of aromatic nitrogens is 1. The molecule has 0 aliphatic heterocycles. The van der Waals surface area contributed by atoms with Gasteiger partial charge in [-0.3, -0.25) is 0 Å². The second kappa shape index (κ2) is 5.54. The number of aryl methyl sites for hydroxylation is 2. The van der Waals surface area contributed by atoms with Crippen LogP contribution in [-0.4, -0.2) is 22.6 Å². The number of hydrogen-bond donors (Lipinski definition) is 2. The molecule has 18 heavy (non-hydrogen) atoms. The zero-order valence-corrected chi connectivity index (χ0v) is 10.2. The van der Waals surface area contributed by atoms with E-state index in [1.165, 1.54) is 0 Å². The van der Waals surface area contributed by atoms with Crippen LogP contribution in [-0.2, 0) is 12.8 Å². The smallest absolute Gasteiger partial charge is 0.339 e. The highest BCUT2D eigenvalue weighted by Crippen LogP contribution is 2.25. The van der Waals surface area contributed by atoms with Crippen LogP contribution < -0.4 is 5.32 Å². The number of pyridine rings is 1. The van der Waals surface area contributed by atoms with Crippen molar-refractivity contribution in [2.75, 3.05) is 11.9 Å². The minimum absolute atomic E-state index is 0.261. The number of rotatable bonds is 5. The third-order valence-electron chi connectivity index (χ3n) is 3.07. The van der Waals surface area contributed by atoms with Gasteiger partial charge < -0.3 is 10.4 Å². The number of carboxylic acid groups (broad SMARTS) is 1. The standard InChI is InChI=1S/C14H16N2O2/c1-2-3-4-8-15-13-11(14(17)18)9-10-6-5-7-12(10)16-13/h1,9H,3-8H2,(H,15,16)(H,17,18). The molecule has 0 aromatic carbocycles. The van der Waals surface area contributed by atoms with Crippen LogP contribution in [0.15, 0.2) is 6.07 Å². The number of carboxylic acids is 1. The van der Waals surface area contributed by atoms with Crippen molar-refractivity contribution in [1.29, 1.82) is 0 Å². The van der Waals surface area contributed by atoms with Crippen molar-refractivity contribution in [1.82, 2.24) is 4.98 Å². The number of fused-ring (bicyclic) bond motifs is 1. The molecule has 0 saturated carbocycles. The molecule has 0 spiro atoms. The van der Waals surface area contributed by atoms with Crippen molar-refractivity contribution in [2.24, 2.45) is 0 Å². The summed E-state index contributed by atoms with van der Waals surface area (Å²) in [6.45, 7) is 0.649. The molecule has 0 radical (unpaired) electrons. The number of nitrogens with one attached hydrogen (secondary N) is 1. The van der Waals surface area contributed by atoms with E-state index in [1.807, 2.05) is 0 Å². The van der Waals surface area contributed by atoms with Gasteiger partial charge >= 0.3 is 5.97 Å². The summed E-state index contributed by atoms with van der Waals surface area (Å²) in [4.78, 5) is 15.6. The fourth-order valence-corrected chi connectivity index (χ4v) is 2.17. The van der Waals surface area contributed by atoms with Crippen molar-refractivity contribution in [3.05, 3.63) is 22.9 Å². The Morgan fingerprint density at radius 1 is 1.56 bits per heavy atom. The van der Waals surface area contributed by atoms with E-state index in [4.69, 9.17) is 6.42 Å². The molecule has 0 fully saturated rings. The third-order valence-corrected chi connectivity index (χ3v) is 3.07. The SMILES string of the molecule is C#CCCCNc1nc2c(cc1C(=O)O)CCC2. The summed E-state index contributed by atoms with van der Waals surface area (Å²) in [6.07, 6.45) is 9.59. The Balaban J connectivity index is 2.17. The van der Waals surface area contributed by atoms with Gasteiger partial charge in [-0.15, -0.1) is 12.3 Å². The molecule has 0 unspecified atom stereocenters. The zero-order chi connectivity index (χ0) is 13.0. The second-order valence-corrected chi connectivity index (χ2v) is 4.38. The Morgan fingerprint density at radius 2 is 2.39 bits per heavy atom. The van der Waals surface area contributed by atoms with E-state index in [0.717, 1.165) is 36.9 Å². The summed E-state index contributed by atoms with van der Waals surface area (Å²) < 4.78 is 0. The lowest BCUT2D eigenvalue weighted by Crippen LogP contribution is -2.11. The van der Waals surface area contributed by atoms with Crippen LogP contribution in [0.5, 0.6) is 0 Å². The van der Waals surface area contributed by atoms with Crippen LogP contribution in [0.3, 0.4) is 0 Å². The molecule has 1 heterocycles. The Bertz CT molecular complexity index is 503. The first-order valence-electron chi connectivity index (χ1n) is 6.16. The molecule has 0 amide bonds. The molecule has 2 N–H and O–H groups in total. The summed E-state index contributed by atoms with van der Waals surface area (Å²) in [7, 11) is 0. The molecular formula is C14H16N2O2. The quantitative estimate of drug-likeness (QED) is 0.615. The minimum atomic E-state index is -0.934. The molecule has 0 saturated heterocycles. The number of carbonyl (C=O) groups is 1. The molecular weight excluding hydrogens is 228 g/mol. The van der Waals surface area contributed by atoms with Crippen molar-refractivity contribution in [2.45, 2.75) is 32.1 Å². The van der Waals surface area contributed by atoms with Crippen molar-refractivity contribution in [3.63, 3.8) is 0 Å². The number of aromatic carboxylic acids is 1. The Kier molecular flexibility index (Phi) is 3.83. The first-order valence-corrected chi connectivity index (χ1v) is 6.16. The molecule has 1 aliphatic carbocycles. The van der Waals surface area contributed by atoms with Gasteiger partial charge in [-0.2, -0.15) is 0 Å². The molecule has 4 nitrogen and oxygen atoms in total. The van der Waals surface area contributed by atoms with E-state index in [-0.39, 0.29) is 5.56 Å². The van der Waals surface area contributed by atoms with Crippen LogP contribution in [0, 0.1) is 12.3 Å². The van der Waals surface area contributed by atoms with Crippen LogP contribution >= 0.6 is 0 Å². The maximum absolute atomic E-state index is 11.2. The number of anilines is 1. The van der Waals surface area contributed by atoms with E-state index in [2.05, 4.69) is 16.2 Å². The van der Waals surface area contributed by atoms with Gasteiger partial charge in [0.25, 0.3) is 0 Å². The predicted octanol–water partition coefficient (Wildman–Crippen LogP) is 2.09. The molecule has 1 aromatic rings. The molecule has 2 rings (SSSR count). The van der Waals surface area contributed by atoms with E-state index in [1.54, 1.807) is 6.07 Å². The van der Waals surface area contributed by atoms with E-state index in [9.17, 15) is 9.90 Å². The predicted molar refractivity (Wildman–Crippen MR) is 69.8 cm³/mol.